The Labute approximate surface area is 306 Å². The molecule has 4 heteroatoms. The van der Waals surface area contributed by atoms with E-state index in [1.165, 1.54) is 16.7 Å². The second-order valence-corrected chi connectivity index (χ2v) is 17.2. The minimum absolute atomic E-state index is 0.0848. The molecule has 0 spiro atoms. The number of hydrogen-bond acceptors (Lipinski definition) is 4. The van der Waals surface area contributed by atoms with E-state index in [-0.39, 0.29) is 16.2 Å². The molecule has 2 heterocycles. The number of fused-ring (bicyclic) bond motifs is 1. The van der Waals surface area contributed by atoms with Gasteiger partial charge in [-0.15, -0.1) is 11.3 Å². The molecule has 51 heavy (non-hydrogen) atoms. The summed E-state index contributed by atoms with van der Waals surface area (Å²) in [6, 6.07) is 43.0. The van der Waals surface area contributed by atoms with E-state index in [2.05, 4.69) is 171 Å². The largest absolute Gasteiger partial charge is 0.507 e. The van der Waals surface area contributed by atoms with Crippen molar-refractivity contribution in [3.8, 4) is 49.8 Å². The number of para-hydroxylation sites is 1. The van der Waals surface area contributed by atoms with Crippen molar-refractivity contribution in [1.29, 1.82) is 0 Å². The highest BCUT2D eigenvalue weighted by molar-refractivity contribution is 7.21. The Morgan fingerprint density at radius 3 is 1.90 bits per heavy atom. The lowest BCUT2D eigenvalue weighted by atomic mass is 9.76. The fourth-order valence-electron chi connectivity index (χ4n) is 6.81. The number of pyridine rings is 1. The summed E-state index contributed by atoms with van der Waals surface area (Å²) >= 11 is 1.64. The maximum Gasteiger partial charge on any atom is 0.129 e. The number of hydrogen-bond donors (Lipinski definition) is 1. The summed E-state index contributed by atoms with van der Waals surface area (Å²) < 4.78 is 1.08. The molecule has 0 fully saturated rings. The zero-order chi connectivity index (χ0) is 36.1. The van der Waals surface area contributed by atoms with Gasteiger partial charge in [0.05, 0.1) is 21.5 Å². The first-order valence-electron chi connectivity index (χ1n) is 17.7. The van der Waals surface area contributed by atoms with Gasteiger partial charge in [0, 0.05) is 28.3 Å². The van der Waals surface area contributed by atoms with E-state index >= 15 is 0 Å². The number of rotatable bonds is 6. The molecular weight excluding hydrogens is 641 g/mol. The number of phenols is 1. The van der Waals surface area contributed by atoms with Crippen LogP contribution in [0.2, 0.25) is 0 Å². The van der Waals surface area contributed by atoms with Crippen molar-refractivity contribution < 1.29 is 5.11 Å². The predicted molar refractivity (Wildman–Crippen MR) is 217 cm³/mol. The highest BCUT2D eigenvalue weighted by atomic mass is 32.1. The van der Waals surface area contributed by atoms with Crippen LogP contribution in [-0.4, -0.2) is 15.1 Å². The first-order chi connectivity index (χ1) is 24.2. The Morgan fingerprint density at radius 2 is 1.22 bits per heavy atom. The van der Waals surface area contributed by atoms with E-state index in [1.807, 2.05) is 12.3 Å². The van der Waals surface area contributed by atoms with Crippen LogP contribution in [0.25, 0.3) is 54.3 Å². The molecule has 0 saturated heterocycles. The number of nitrogens with zero attached hydrogens (tertiary/aromatic N) is 2. The van der Waals surface area contributed by atoms with Crippen LogP contribution < -0.4 is 0 Å². The van der Waals surface area contributed by atoms with Crippen LogP contribution in [0.5, 0.6) is 5.75 Å². The van der Waals surface area contributed by atoms with Crippen molar-refractivity contribution in [2.75, 3.05) is 0 Å². The van der Waals surface area contributed by atoms with Gasteiger partial charge >= 0.3 is 0 Å². The maximum atomic E-state index is 11.7. The monoisotopic (exact) mass is 686 g/mol. The van der Waals surface area contributed by atoms with Crippen molar-refractivity contribution >= 4 is 21.6 Å². The number of thiazole rings is 1. The smallest absolute Gasteiger partial charge is 0.129 e. The minimum Gasteiger partial charge on any atom is -0.507 e. The standard InChI is InChI=1S/C47H46N2OS/c1-45(2,3)35-28-38(43(50)39(29-35)46(4,5)6)44-49-42-37(20-15-21-41(42)51-44)32-24-33(26-36(25-32)47(7,8)34-18-13-10-14-19-34)40-27-31(22-23-48-40)30-16-11-9-12-17-30/h9-29,50H,1-8H3. The molecule has 1 N–H and O–H groups in total. The van der Waals surface area contributed by atoms with Gasteiger partial charge in [-0.05, 0) is 80.6 Å². The third-order valence-corrected chi connectivity index (χ3v) is 11.1. The Balaban J connectivity index is 1.43. The fourth-order valence-corrected chi connectivity index (χ4v) is 7.82. The summed E-state index contributed by atoms with van der Waals surface area (Å²) in [5, 5.41) is 12.6. The molecule has 0 radical (unpaired) electrons. The van der Waals surface area contributed by atoms with E-state index in [0.29, 0.717) is 5.75 Å². The Morgan fingerprint density at radius 1 is 0.529 bits per heavy atom. The maximum absolute atomic E-state index is 11.7. The molecule has 256 valence electrons. The highest BCUT2D eigenvalue weighted by Crippen LogP contribution is 2.46. The van der Waals surface area contributed by atoms with Crippen molar-refractivity contribution in [1.82, 2.24) is 9.97 Å². The normalized spacial score (nSPS) is 12.4. The molecule has 3 nitrogen and oxygen atoms in total. The van der Waals surface area contributed by atoms with E-state index < -0.39 is 0 Å². The Hall–Kier alpha value is -5.06. The van der Waals surface area contributed by atoms with Crippen LogP contribution in [0, 0.1) is 0 Å². The van der Waals surface area contributed by atoms with Gasteiger partial charge in [0.25, 0.3) is 0 Å². The highest BCUT2D eigenvalue weighted by Gasteiger charge is 2.28. The van der Waals surface area contributed by atoms with Gasteiger partial charge < -0.3 is 5.11 Å². The van der Waals surface area contributed by atoms with Crippen LogP contribution in [-0.2, 0) is 16.2 Å². The van der Waals surface area contributed by atoms with Crippen molar-refractivity contribution in [3.63, 3.8) is 0 Å². The lowest BCUT2D eigenvalue weighted by Gasteiger charge is -2.27. The van der Waals surface area contributed by atoms with Gasteiger partial charge in [-0.2, -0.15) is 0 Å². The van der Waals surface area contributed by atoms with Crippen LogP contribution in [0.3, 0.4) is 0 Å². The molecule has 7 aromatic rings. The summed E-state index contributed by atoms with van der Waals surface area (Å²) in [5.74, 6) is 0.314. The molecular formula is C47H46N2OS. The quantitative estimate of drug-likeness (QED) is 0.189. The van der Waals surface area contributed by atoms with Crippen LogP contribution in [0.15, 0.2) is 128 Å². The van der Waals surface area contributed by atoms with E-state index in [1.54, 1.807) is 11.3 Å². The van der Waals surface area contributed by atoms with Crippen LogP contribution >= 0.6 is 11.3 Å². The predicted octanol–water partition coefficient (Wildman–Crippen LogP) is 13.0. The van der Waals surface area contributed by atoms with Crippen molar-refractivity contribution in [2.45, 2.75) is 71.6 Å². The lowest BCUT2D eigenvalue weighted by Crippen LogP contribution is -2.19. The molecule has 0 aliphatic carbocycles. The third kappa shape index (κ3) is 6.73. The number of aromatic nitrogens is 2. The molecule has 0 aliphatic rings. The zero-order valence-electron chi connectivity index (χ0n) is 30.9. The average Bonchev–Trinajstić information content (AvgIpc) is 3.56. The van der Waals surface area contributed by atoms with Crippen LogP contribution in [0.1, 0.15) is 77.6 Å². The van der Waals surface area contributed by atoms with Crippen molar-refractivity contribution in [2.24, 2.45) is 0 Å². The Kier molecular flexibility index (Phi) is 8.71. The molecule has 7 rings (SSSR count). The van der Waals surface area contributed by atoms with Crippen LogP contribution in [0.4, 0.5) is 0 Å². The average molecular weight is 687 g/mol. The number of aromatic hydroxyl groups is 1. The van der Waals surface area contributed by atoms with E-state index in [9.17, 15) is 5.11 Å². The molecule has 0 amide bonds. The molecule has 5 aromatic carbocycles. The third-order valence-electron chi connectivity index (χ3n) is 10.1. The summed E-state index contributed by atoms with van der Waals surface area (Å²) in [5.41, 5.74) is 12.1. The summed E-state index contributed by atoms with van der Waals surface area (Å²) in [6.07, 6.45) is 1.91. The van der Waals surface area contributed by atoms with Gasteiger partial charge in [-0.1, -0.05) is 140 Å². The second kappa shape index (κ2) is 12.9. The SMILES string of the molecule is CC(C)(C)c1cc(-c2nc3c(-c4cc(-c5cc(-c6ccccc6)ccn5)cc(C(C)(C)c5ccccc5)c4)cccc3s2)c(O)c(C(C)(C)C)c1. The lowest BCUT2D eigenvalue weighted by molar-refractivity contribution is 0.446. The van der Waals surface area contributed by atoms with Gasteiger partial charge in [0.1, 0.15) is 10.8 Å². The first-order valence-corrected chi connectivity index (χ1v) is 18.5. The summed E-state index contributed by atoms with van der Waals surface area (Å²) in [4.78, 5) is 10.2. The summed E-state index contributed by atoms with van der Waals surface area (Å²) in [7, 11) is 0. The first kappa shape index (κ1) is 34.4. The Bertz CT molecular complexity index is 2360. The number of phenolic OH excluding ortho intramolecular Hbond substituents is 1. The molecule has 0 unspecified atom stereocenters. The van der Waals surface area contributed by atoms with Gasteiger partial charge in [0.2, 0.25) is 0 Å². The topological polar surface area (TPSA) is 46.0 Å². The molecule has 0 aliphatic heterocycles. The number of benzene rings is 5. The van der Waals surface area contributed by atoms with Gasteiger partial charge in [-0.3, -0.25) is 4.98 Å². The fraction of sp³-hybridized carbons (Fsp3) is 0.234. The zero-order valence-corrected chi connectivity index (χ0v) is 31.7. The summed E-state index contributed by atoms with van der Waals surface area (Å²) in [6.45, 7) is 17.7. The van der Waals surface area contributed by atoms with E-state index in [0.717, 1.165) is 59.9 Å². The minimum atomic E-state index is -0.271. The molecule has 0 saturated carbocycles. The van der Waals surface area contributed by atoms with Gasteiger partial charge in [-0.25, -0.2) is 4.98 Å². The molecule has 0 atom stereocenters. The van der Waals surface area contributed by atoms with Crippen molar-refractivity contribution in [3.05, 3.63) is 150 Å². The second-order valence-electron chi connectivity index (χ2n) is 16.2. The molecule has 0 bridgehead atoms. The van der Waals surface area contributed by atoms with E-state index in [4.69, 9.17) is 9.97 Å². The van der Waals surface area contributed by atoms with Gasteiger partial charge in [0.15, 0.2) is 0 Å². The molecule has 2 aromatic heterocycles.